The first-order chi connectivity index (χ1) is 18.0. The van der Waals surface area contributed by atoms with Crippen LogP contribution in [-0.2, 0) is 40.4 Å². The topological polar surface area (TPSA) is 96.0 Å². The molecule has 1 heterocycles. The molecule has 194 valence electrons. The first-order valence-electron chi connectivity index (χ1n) is 12.4. The molecule has 4 rings (SSSR count). The molecule has 0 saturated heterocycles. The number of nitrogens with two attached hydrogens (primary N) is 1. The number of methoxy groups -OCH3 is 1. The normalized spacial score (nSPS) is 12.0. The maximum atomic E-state index is 12.4. The van der Waals surface area contributed by atoms with Crippen molar-refractivity contribution in [1.29, 1.82) is 0 Å². The Bertz CT molecular complexity index is 1350. The van der Waals surface area contributed by atoms with Crippen molar-refractivity contribution >= 4 is 16.9 Å². The number of para-hydroxylation sites is 1. The Balaban J connectivity index is 1.60. The number of rotatable bonds is 12. The Morgan fingerprint density at radius 3 is 2.68 bits per heavy atom. The zero-order chi connectivity index (χ0) is 26.2. The third-order valence-corrected chi connectivity index (χ3v) is 5.99. The Morgan fingerprint density at radius 2 is 1.89 bits per heavy atom. The van der Waals surface area contributed by atoms with Crippen molar-refractivity contribution in [1.82, 2.24) is 5.32 Å². The Kier molecular flexibility index (Phi) is 8.95. The van der Waals surface area contributed by atoms with E-state index in [1.54, 1.807) is 14.0 Å². The van der Waals surface area contributed by atoms with E-state index in [4.69, 9.17) is 24.4 Å². The second-order valence-electron chi connectivity index (χ2n) is 9.04. The first-order valence-corrected chi connectivity index (χ1v) is 12.4. The number of hydrogen-bond acceptors (Lipinski definition) is 7. The summed E-state index contributed by atoms with van der Waals surface area (Å²) in [6, 6.07) is 21.9. The molecule has 0 amide bonds. The number of furan rings is 1. The van der Waals surface area contributed by atoms with Gasteiger partial charge in [0, 0.05) is 30.2 Å². The van der Waals surface area contributed by atoms with Crippen LogP contribution in [0.4, 0.5) is 0 Å². The van der Waals surface area contributed by atoms with Crippen LogP contribution < -0.4 is 15.8 Å². The van der Waals surface area contributed by atoms with Gasteiger partial charge in [-0.05, 0) is 61.0 Å². The molecule has 0 radical (unpaired) electrons. The molecule has 37 heavy (non-hydrogen) atoms. The molecule has 0 bridgehead atoms. The summed E-state index contributed by atoms with van der Waals surface area (Å²) in [7, 11) is 3.47. The van der Waals surface area contributed by atoms with Crippen LogP contribution in [0.2, 0.25) is 0 Å². The molecule has 1 atom stereocenters. The molecule has 1 unspecified atom stereocenters. The monoisotopic (exact) mass is 502 g/mol. The standard InChI is InChI=1S/C30H34N2O5/c1-20(18-34-3)36-29(33)15-24-8-4-5-10-28(24)35-19-22-12-25-14-26(17-32-2)37-30(25)27(13-22)23-9-6-7-21(11-23)16-31/h4-14,20,32H,15-19,31H2,1-3H3. The SMILES string of the molecule is CNCc1cc2cc(COc3ccccc3CC(=O)OC(C)COC)cc(-c3cccc(CN)c3)c2o1. The van der Waals surface area contributed by atoms with Crippen molar-refractivity contribution in [2.24, 2.45) is 5.73 Å². The molecule has 0 fully saturated rings. The average Bonchev–Trinajstić information content (AvgIpc) is 3.30. The highest BCUT2D eigenvalue weighted by atomic mass is 16.6. The van der Waals surface area contributed by atoms with Crippen molar-refractivity contribution in [3.05, 3.63) is 89.2 Å². The van der Waals surface area contributed by atoms with Gasteiger partial charge >= 0.3 is 5.97 Å². The number of ether oxygens (including phenoxy) is 3. The van der Waals surface area contributed by atoms with E-state index in [2.05, 4.69) is 35.6 Å². The summed E-state index contributed by atoms with van der Waals surface area (Å²) in [5, 5.41) is 4.15. The lowest BCUT2D eigenvalue weighted by Gasteiger charge is -2.15. The van der Waals surface area contributed by atoms with Gasteiger partial charge < -0.3 is 29.7 Å². The Hall–Kier alpha value is -3.65. The van der Waals surface area contributed by atoms with Crippen molar-refractivity contribution in [2.75, 3.05) is 20.8 Å². The smallest absolute Gasteiger partial charge is 0.310 e. The molecule has 0 spiro atoms. The van der Waals surface area contributed by atoms with Gasteiger partial charge in [-0.2, -0.15) is 0 Å². The van der Waals surface area contributed by atoms with Crippen LogP contribution in [0.15, 0.2) is 71.1 Å². The number of carbonyl (C=O) groups is 1. The predicted octanol–water partition coefficient (Wildman–Crippen LogP) is 4.98. The highest BCUT2D eigenvalue weighted by Gasteiger charge is 2.16. The number of benzene rings is 3. The second-order valence-corrected chi connectivity index (χ2v) is 9.04. The lowest BCUT2D eigenvalue weighted by Crippen LogP contribution is -2.21. The summed E-state index contributed by atoms with van der Waals surface area (Å²) in [5.41, 5.74) is 11.6. The van der Waals surface area contributed by atoms with Crippen LogP contribution in [-0.4, -0.2) is 32.8 Å². The number of esters is 1. The van der Waals surface area contributed by atoms with E-state index in [0.29, 0.717) is 32.1 Å². The van der Waals surface area contributed by atoms with Gasteiger partial charge in [-0.15, -0.1) is 0 Å². The molecule has 0 aliphatic rings. The molecular formula is C30H34N2O5. The maximum absolute atomic E-state index is 12.4. The molecule has 0 aliphatic heterocycles. The predicted molar refractivity (Wildman–Crippen MR) is 144 cm³/mol. The minimum absolute atomic E-state index is 0.121. The minimum atomic E-state index is -0.320. The molecular weight excluding hydrogens is 468 g/mol. The molecule has 0 aliphatic carbocycles. The van der Waals surface area contributed by atoms with Gasteiger partial charge in [0.25, 0.3) is 0 Å². The number of carbonyl (C=O) groups excluding carboxylic acids is 1. The molecule has 4 aromatic rings. The van der Waals surface area contributed by atoms with Gasteiger partial charge in [0.1, 0.15) is 29.8 Å². The van der Waals surface area contributed by atoms with E-state index < -0.39 is 0 Å². The zero-order valence-corrected chi connectivity index (χ0v) is 21.6. The van der Waals surface area contributed by atoms with Crippen LogP contribution >= 0.6 is 0 Å². The van der Waals surface area contributed by atoms with E-state index >= 15 is 0 Å². The summed E-state index contributed by atoms with van der Waals surface area (Å²) < 4.78 is 22.9. The quantitative estimate of drug-likeness (QED) is 0.264. The largest absolute Gasteiger partial charge is 0.489 e. The van der Waals surface area contributed by atoms with Gasteiger partial charge in [-0.25, -0.2) is 0 Å². The molecule has 3 N–H and O–H groups in total. The summed E-state index contributed by atoms with van der Waals surface area (Å²) >= 11 is 0. The molecule has 0 saturated carbocycles. The number of fused-ring (bicyclic) bond motifs is 1. The van der Waals surface area contributed by atoms with E-state index in [9.17, 15) is 4.79 Å². The lowest BCUT2D eigenvalue weighted by atomic mass is 9.99. The van der Waals surface area contributed by atoms with Crippen LogP contribution in [0, 0.1) is 0 Å². The summed E-state index contributed by atoms with van der Waals surface area (Å²) in [5.74, 6) is 1.19. The van der Waals surface area contributed by atoms with Crippen molar-refractivity contribution in [2.45, 2.75) is 39.1 Å². The molecule has 3 aromatic carbocycles. The third kappa shape index (κ3) is 6.77. The summed E-state index contributed by atoms with van der Waals surface area (Å²) in [6.45, 7) is 3.59. The van der Waals surface area contributed by atoms with E-state index in [1.165, 1.54) is 0 Å². The van der Waals surface area contributed by atoms with Gasteiger partial charge in [0.05, 0.1) is 19.6 Å². The van der Waals surface area contributed by atoms with Crippen molar-refractivity contribution in [3.8, 4) is 16.9 Å². The highest BCUT2D eigenvalue weighted by molar-refractivity contribution is 5.93. The highest BCUT2D eigenvalue weighted by Crippen LogP contribution is 2.34. The fourth-order valence-corrected chi connectivity index (χ4v) is 4.34. The van der Waals surface area contributed by atoms with E-state index in [-0.39, 0.29) is 18.5 Å². The van der Waals surface area contributed by atoms with E-state index in [1.807, 2.05) is 43.4 Å². The van der Waals surface area contributed by atoms with E-state index in [0.717, 1.165) is 44.5 Å². The van der Waals surface area contributed by atoms with Crippen LogP contribution in [0.5, 0.6) is 5.75 Å². The zero-order valence-electron chi connectivity index (χ0n) is 21.6. The second kappa shape index (κ2) is 12.5. The molecule has 1 aromatic heterocycles. The first kappa shape index (κ1) is 26.4. The van der Waals surface area contributed by atoms with Gasteiger partial charge in [0.2, 0.25) is 0 Å². The average molecular weight is 503 g/mol. The van der Waals surface area contributed by atoms with Crippen LogP contribution in [0.1, 0.15) is 29.4 Å². The fourth-order valence-electron chi connectivity index (χ4n) is 4.34. The Labute approximate surface area is 217 Å². The minimum Gasteiger partial charge on any atom is -0.489 e. The van der Waals surface area contributed by atoms with Gasteiger partial charge in [0.15, 0.2) is 0 Å². The summed E-state index contributed by atoms with van der Waals surface area (Å²) in [4.78, 5) is 12.4. The van der Waals surface area contributed by atoms with Gasteiger partial charge in [-0.1, -0.05) is 36.4 Å². The number of nitrogens with one attached hydrogen (secondary N) is 1. The third-order valence-electron chi connectivity index (χ3n) is 5.99. The van der Waals surface area contributed by atoms with Crippen LogP contribution in [0.3, 0.4) is 0 Å². The summed E-state index contributed by atoms with van der Waals surface area (Å²) in [6.07, 6.45) is -0.188. The fraction of sp³-hybridized carbons (Fsp3) is 0.300. The lowest BCUT2D eigenvalue weighted by molar-refractivity contribution is -0.149. The molecule has 7 heteroatoms. The van der Waals surface area contributed by atoms with Gasteiger partial charge in [-0.3, -0.25) is 4.79 Å². The number of hydrogen-bond donors (Lipinski definition) is 2. The Morgan fingerprint density at radius 1 is 1.05 bits per heavy atom. The van der Waals surface area contributed by atoms with Crippen LogP contribution in [0.25, 0.3) is 22.1 Å². The van der Waals surface area contributed by atoms with Crippen molar-refractivity contribution < 1.29 is 23.4 Å². The van der Waals surface area contributed by atoms with Crippen molar-refractivity contribution in [3.63, 3.8) is 0 Å². The molecule has 7 nitrogen and oxygen atoms in total. The maximum Gasteiger partial charge on any atom is 0.310 e.